The number of nitrogens with two attached hydrogens (primary N) is 1. The van der Waals surface area contributed by atoms with E-state index in [1.807, 2.05) is 30.3 Å². The van der Waals surface area contributed by atoms with Gasteiger partial charge in [-0.15, -0.1) is 0 Å². The van der Waals surface area contributed by atoms with Gasteiger partial charge in [-0.1, -0.05) is 30.3 Å². The number of rotatable bonds is 12. The lowest BCUT2D eigenvalue weighted by Gasteiger charge is -2.20. The number of aliphatic carboxylic acids is 1. The number of hydrogen-bond acceptors (Lipinski definition) is 6. The number of carboxylic acid groups (broad SMARTS) is 1. The lowest BCUT2D eigenvalue weighted by Crippen LogP contribution is -2.51. The molecule has 0 spiro atoms. The summed E-state index contributed by atoms with van der Waals surface area (Å²) in [4.78, 5) is 35.9. The molecule has 0 radical (unpaired) electrons. The van der Waals surface area contributed by atoms with Crippen LogP contribution in [0.2, 0.25) is 0 Å². The molecule has 9 heteroatoms. The third-order valence-corrected chi connectivity index (χ3v) is 4.67. The Morgan fingerprint density at radius 3 is 2.16 bits per heavy atom. The van der Waals surface area contributed by atoms with E-state index in [4.69, 9.17) is 10.8 Å². The van der Waals surface area contributed by atoms with Crippen molar-refractivity contribution in [1.82, 2.24) is 10.6 Å². The summed E-state index contributed by atoms with van der Waals surface area (Å²) >= 11 is 0. The molecular weight excluding hydrogens is 410 g/mol. The largest absolute Gasteiger partial charge is 0.480 e. The van der Waals surface area contributed by atoms with E-state index in [2.05, 4.69) is 20.9 Å². The molecule has 0 unspecified atom stereocenters. The maximum Gasteiger partial charge on any atom is 0.325 e. The van der Waals surface area contributed by atoms with Gasteiger partial charge in [0.15, 0.2) is 0 Å². The second-order valence-electron chi connectivity index (χ2n) is 7.35. The Labute approximate surface area is 187 Å². The summed E-state index contributed by atoms with van der Waals surface area (Å²) in [5, 5.41) is 22.4. The fraction of sp³-hybridized carbons (Fsp3) is 0.348. The lowest BCUT2D eigenvalue weighted by atomic mass is 10.1. The fourth-order valence-corrected chi connectivity index (χ4v) is 2.86. The molecule has 2 amide bonds. The highest BCUT2D eigenvalue weighted by atomic mass is 16.4. The van der Waals surface area contributed by atoms with Crippen LogP contribution in [0.25, 0.3) is 0 Å². The van der Waals surface area contributed by atoms with Crippen LogP contribution in [0.3, 0.4) is 0 Å². The number of nitrogens with zero attached hydrogens (tertiary/aromatic N) is 2. The SMILES string of the molecule is C[C@H](NC(=O)[C@H](CCCCN)NC(=O)Cc1ccc(N=Nc2ccccc2)cc1)C(=O)O. The first-order chi connectivity index (χ1) is 15.4. The zero-order chi connectivity index (χ0) is 23.3. The Kier molecular flexibility index (Phi) is 9.99. The van der Waals surface area contributed by atoms with E-state index in [0.29, 0.717) is 31.5 Å². The Balaban J connectivity index is 1.94. The molecule has 32 heavy (non-hydrogen) atoms. The third-order valence-electron chi connectivity index (χ3n) is 4.67. The van der Waals surface area contributed by atoms with Crippen LogP contribution in [0, 0.1) is 0 Å². The van der Waals surface area contributed by atoms with Crippen LogP contribution in [0.1, 0.15) is 31.7 Å². The van der Waals surface area contributed by atoms with E-state index in [9.17, 15) is 14.4 Å². The minimum atomic E-state index is -1.14. The van der Waals surface area contributed by atoms with Gasteiger partial charge in [0, 0.05) is 0 Å². The predicted octanol–water partition coefficient (Wildman–Crippen LogP) is 2.85. The van der Waals surface area contributed by atoms with Crippen molar-refractivity contribution in [2.75, 3.05) is 6.54 Å². The molecule has 0 heterocycles. The topological polar surface area (TPSA) is 146 Å². The highest BCUT2D eigenvalue weighted by molar-refractivity contribution is 5.90. The summed E-state index contributed by atoms with van der Waals surface area (Å²) in [6.45, 7) is 1.84. The third kappa shape index (κ3) is 8.65. The number of benzene rings is 2. The summed E-state index contributed by atoms with van der Waals surface area (Å²) in [7, 11) is 0. The van der Waals surface area contributed by atoms with Gasteiger partial charge in [0.1, 0.15) is 12.1 Å². The molecule has 0 aliphatic heterocycles. The summed E-state index contributed by atoms with van der Waals surface area (Å²) in [6.07, 6.45) is 1.79. The summed E-state index contributed by atoms with van der Waals surface area (Å²) in [6, 6.07) is 14.5. The van der Waals surface area contributed by atoms with E-state index in [-0.39, 0.29) is 12.3 Å². The van der Waals surface area contributed by atoms with Gasteiger partial charge < -0.3 is 21.5 Å². The number of hydrogen-bond donors (Lipinski definition) is 4. The number of nitrogens with one attached hydrogen (secondary N) is 2. The second-order valence-corrected chi connectivity index (χ2v) is 7.35. The molecular formula is C23H29N5O4. The standard InChI is InChI=1S/C23H29N5O4/c1-16(23(31)32)25-22(30)20(9-5-6-14-24)26-21(29)15-17-10-12-19(13-11-17)28-27-18-7-3-2-4-8-18/h2-4,7-8,10-13,16,20H,5-6,9,14-15,24H2,1H3,(H,25,30)(H,26,29)(H,31,32)/t16-,20-/m0/s1. The zero-order valence-electron chi connectivity index (χ0n) is 18.0. The molecule has 2 rings (SSSR count). The van der Waals surface area contributed by atoms with Crippen molar-refractivity contribution in [3.8, 4) is 0 Å². The minimum absolute atomic E-state index is 0.0747. The van der Waals surface area contributed by atoms with Crippen LogP contribution in [-0.4, -0.2) is 41.5 Å². The molecule has 0 fully saturated rings. The van der Waals surface area contributed by atoms with Crippen LogP contribution in [0.4, 0.5) is 11.4 Å². The quantitative estimate of drug-likeness (QED) is 0.297. The number of amides is 2. The maximum atomic E-state index is 12.5. The van der Waals surface area contributed by atoms with Crippen molar-refractivity contribution in [2.45, 2.75) is 44.7 Å². The molecule has 0 bridgehead atoms. The Hall–Kier alpha value is -3.59. The molecule has 2 aromatic carbocycles. The number of azo groups is 1. The Morgan fingerprint density at radius 2 is 1.56 bits per heavy atom. The van der Waals surface area contributed by atoms with Crippen LogP contribution < -0.4 is 16.4 Å². The van der Waals surface area contributed by atoms with E-state index in [0.717, 1.165) is 11.3 Å². The summed E-state index contributed by atoms with van der Waals surface area (Å²) < 4.78 is 0. The fourth-order valence-electron chi connectivity index (χ4n) is 2.86. The number of carbonyl (C=O) groups excluding carboxylic acids is 2. The van der Waals surface area contributed by atoms with E-state index >= 15 is 0 Å². The van der Waals surface area contributed by atoms with Gasteiger partial charge in [0.25, 0.3) is 0 Å². The van der Waals surface area contributed by atoms with Gasteiger partial charge in [-0.05, 0) is 62.6 Å². The van der Waals surface area contributed by atoms with Crippen molar-refractivity contribution in [2.24, 2.45) is 16.0 Å². The minimum Gasteiger partial charge on any atom is -0.480 e. The van der Waals surface area contributed by atoms with Crippen LogP contribution in [0.5, 0.6) is 0 Å². The van der Waals surface area contributed by atoms with Gasteiger partial charge >= 0.3 is 5.97 Å². The molecule has 2 aromatic rings. The number of carboxylic acids is 1. The van der Waals surface area contributed by atoms with Crippen LogP contribution >= 0.6 is 0 Å². The molecule has 2 atom stereocenters. The van der Waals surface area contributed by atoms with Crippen LogP contribution in [0.15, 0.2) is 64.8 Å². The van der Waals surface area contributed by atoms with Gasteiger partial charge in [-0.2, -0.15) is 10.2 Å². The lowest BCUT2D eigenvalue weighted by molar-refractivity contribution is -0.141. The zero-order valence-corrected chi connectivity index (χ0v) is 18.0. The average molecular weight is 440 g/mol. The first-order valence-corrected chi connectivity index (χ1v) is 10.5. The monoisotopic (exact) mass is 439 g/mol. The normalized spacial score (nSPS) is 12.8. The predicted molar refractivity (Wildman–Crippen MR) is 121 cm³/mol. The number of carbonyl (C=O) groups is 3. The van der Waals surface area contributed by atoms with Crippen molar-refractivity contribution in [3.63, 3.8) is 0 Å². The second kappa shape index (κ2) is 13.0. The molecule has 9 nitrogen and oxygen atoms in total. The average Bonchev–Trinajstić information content (AvgIpc) is 2.78. The molecule has 5 N–H and O–H groups in total. The highest BCUT2D eigenvalue weighted by Crippen LogP contribution is 2.18. The molecule has 0 aliphatic carbocycles. The molecule has 0 aromatic heterocycles. The summed E-state index contributed by atoms with van der Waals surface area (Å²) in [5.41, 5.74) is 7.65. The molecule has 0 saturated heterocycles. The van der Waals surface area contributed by atoms with Crippen molar-refractivity contribution in [3.05, 3.63) is 60.2 Å². The number of unbranched alkanes of at least 4 members (excludes halogenated alkanes) is 1. The molecule has 0 aliphatic rings. The molecule has 0 saturated carbocycles. The smallest absolute Gasteiger partial charge is 0.325 e. The first-order valence-electron chi connectivity index (χ1n) is 10.5. The van der Waals surface area contributed by atoms with Gasteiger partial charge in [-0.25, -0.2) is 0 Å². The van der Waals surface area contributed by atoms with Gasteiger partial charge in [0.2, 0.25) is 11.8 Å². The van der Waals surface area contributed by atoms with Gasteiger partial charge in [-0.3, -0.25) is 14.4 Å². The highest BCUT2D eigenvalue weighted by Gasteiger charge is 2.23. The Morgan fingerprint density at radius 1 is 0.938 bits per heavy atom. The van der Waals surface area contributed by atoms with E-state index in [1.165, 1.54) is 6.92 Å². The van der Waals surface area contributed by atoms with Crippen molar-refractivity contribution >= 4 is 29.2 Å². The van der Waals surface area contributed by atoms with E-state index < -0.39 is 24.0 Å². The molecule has 170 valence electrons. The van der Waals surface area contributed by atoms with Crippen molar-refractivity contribution < 1.29 is 19.5 Å². The Bertz CT molecular complexity index is 916. The van der Waals surface area contributed by atoms with E-state index in [1.54, 1.807) is 24.3 Å². The summed E-state index contributed by atoms with van der Waals surface area (Å²) in [5.74, 6) is -2.00. The first kappa shape index (κ1) is 24.7. The van der Waals surface area contributed by atoms with Crippen molar-refractivity contribution in [1.29, 1.82) is 0 Å². The maximum absolute atomic E-state index is 12.5. The van der Waals surface area contributed by atoms with Gasteiger partial charge in [0.05, 0.1) is 17.8 Å². The van der Waals surface area contributed by atoms with Crippen LogP contribution in [-0.2, 0) is 20.8 Å².